The molecule has 1 aliphatic heterocycles. The Morgan fingerprint density at radius 1 is 1.21 bits per heavy atom. The summed E-state index contributed by atoms with van der Waals surface area (Å²) in [5.74, 6) is 0.225. The third-order valence-corrected chi connectivity index (χ3v) is 5.09. The van der Waals surface area contributed by atoms with Gasteiger partial charge in [0.25, 0.3) is 0 Å². The van der Waals surface area contributed by atoms with Crippen molar-refractivity contribution >= 4 is 17.2 Å². The first kappa shape index (κ1) is 16.6. The predicted octanol–water partition coefficient (Wildman–Crippen LogP) is 2.29. The van der Waals surface area contributed by atoms with Crippen LogP contribution in [0.3, 0.4) is 0 Å². The van der Waals surface area contributed by atoms with E-state index in [9.17, 15) is 4.79 Å². The van der Waals surface area contributed by atoms with Gasteiger partial charge in [-0.05, 0) is 17.7 Å². The van der Waals surface area contributed by atoms with Crippen LogP contribution in [0.5, 0.6) is 0 Å². The summed E-state index contributed by atoms with van der Waals surface area (Å²) in [5.41, 5.74) is 1.90. The average molecular weight is 340 g/mol. The summed E-state index contributed by atoms with van der Waals surface area (Å²) in [6.07, 6.45) is 3.07. The molecule has 5 nitrogen and oxygen atoms in total. The molecule has 1 fully saturated rings. The van der Waals surface area contributed by atoms with E-state index in [0.29, 0.717) is 12.0 Å². The quantitative estimate of drug-likeness (QED) is 0.838. The SMILES string of the molecule is N#Cc1ccc(CN2CCN(C(=O)CCc3nccs3)CC2)cc1. The molecule has 2 aromatic rings. The van der Waals surface area contributed by atoms with Gasteiger partial charge in [0.1, 0.15) is 0 Å². The van der Waals surface area contributed by atoms with Gasteiger partial charge < -0.3 is 4.90 Å². The molecule has 0 aliphatic carbocycles. The number of aromatic nitrogens is 1. The highest BCUT2D eigenvalue weighted by Crippen LogP contribution is 2.12. The monoisotopic (exact) mass is 340 g/mol. The smallest absolute Gasteiger partial charge is 0.223 e. The molecular formula is C18H20N4OS. The minimum atomic E-state index is 0.225. The van der Waals surface area contributed by atoms with Gasteiger partial charge in [0.05, 0.1) is 16.6 Å². The number of aryl methyl sites for hydroxylation is 1. The van der Waals surface area contributed by atoms with Crippen LogP contribution in [0.4, 0.5) is 0 Å². The molecule has 0 atom stereocenters. The Kier molecular flexibility index (Phi) is 5.57. The lowest BCUT2D eigenvalue weighted by Gasteiger charge is -2.34. The van der Waals surface area contributed by atoms with Crippen LogP contribution in [-0.4, -0.2) is 46.9 Å². The highest BCUT2D eigenvalue weighted by atomic mass is 32.1. The highest BCUT2D eigenvalue weighted by molar-refractivity contribution is 7.09. The number of rotatable bonds is 5. The van der Waals surface area contributed by atoms with Gasteiger partial charge in [-0.2, -0.15) is 5.26 Å². The molecule has 1 saturated heterocycles. The number of hydrogen-bond donors (Lipinski definition) is 0. The van der Waals surface area contributed by atoms with Gasteiger partial charge in [-0.15, -0.1) is 11.3 Å². The molecule has 6 heteroatoms. The number of carbonyl (C=O) groups excluding carboxylic acids is 1. The lowest BCUT2D eigenvalue weighted by molar-refractivity contribution is -0.133. The fraction of sp³-hybridized carbons (Fsp3) is 0.389. The Balaban J connectivity index is 1.43. The van der Waals surface area contributed by atoms with Crippen LogP contribution < -0.4 is 0 Å². The second kappa shape index (κ2) is 8.04. The van der Waals surface area contributed by atoms with E-state index >= 15 is 0 Å². The maximum Gasteiger partial charge on any atom is 0.223 e. The maximum absolute atomic E-state index is 12.3. The van der Waals surface area contributed by atoms with E-state index in [-0.39, 0.29) is 5.91 Å². The topological polar surface area (TPSA) is 60.2 Å². The van der Waals surface area contributed by atoms with Crippen molar-refractivity contribution in [1.82, 2.24) is 14.8 Å². The number of carbonyl (C=O) groups is 1. The molecule has 1 aromatic carbocycles. The average Bonchev–Trinajstić information content (AvgIpc) is 3.14. The second-order valence-corrected chi connectivity index (χ2v) is 6.87. The number of nitrogens with zero attached hydrogens (tertiary/aromatic N) is 4. The molecule has 2 heterocycles. The molecule has 3 rings (SSSR count). The summed E-state index contributed by atoms with van der Waals surface area (Å²) in [5, 5.41) is 11.8. The number of nitriles is 1. The fourth-order valence-corrected chi connectivity index (χ4v) is 3.47. The molecule has 0 bridgehead atoms. The summed E-state index contributed by atoms with van der Waals surface area (Å²) in [6, 6.07) is 9.85. The van der Waals surface area contributed by atoms with Crippen molar-refractivity contribution in [3.05, 3.63) is 52.0 Å². The lowest BCUT2D eigenvalue weighted by Crippen LogP contribution is -2.48. The van der Waals surface area contributed by atoms with E-state index in [4.69, 9.17) is 5.26 Å². The number of thiazole rings is 1. The Labute approximate surface area is 146 Å². The second-order valence-electron chi connectivity index (χ2n) is 5.89. The third kappa shape index (κ3) is 4.40. The van der Waals surface area contributed by atoms with Crippen LogP contribution in [0.2, 0.25) is 0 Å². The highest BCUT2D eigenvalue weighted by Gasteiger charge is 2.21. The number of benzene rings is 1. The zero-order valence-corrected chi connectivity index (χ0v) is 14.3. The number of amides is 1. The van der Waals surface area contributed by atoms with Gasteiger partial charge in [0.15, 0.2) is 0 Å². The molecule has 0 saturated carbocycles. The molecule has 0 spiro atoms. The van der Waals surface area contributed by atoms with Crippen LogP contribution in [0.15, 0.2) is 35.8 Å². The molecule has 0 unspecified atom stereocenters. The Hall–Kier alpha value is -2.23. The first-order chi connectivity index (χ1) is 11.7. The van der Waals surface area contributed by atoms with Gasteiger partial charge in [0.2, 0.25) is 5.91 Å². The van der Waals surface area contributed by atoms with Gasteiger partial charge in [-0.25, -0.2) is 4.98 Å². The largest absolute Gasteiger partial charge is 0.340 e. The molecule has 0 radical (unpaired) electrons. The van der Waals surface area contributed by atoms with Gasteiger partial charge in [-0.1, -0.05) is 12.1 Å². The minimum Gasteiger partial charge on any atom is -0.340 e. The fourth-order valence-electron chi connectivity index (χ4n) is 2.85. The van der Waals surface area contributed by atoms with Crippen molar-refractivity contribution < 1.29 is 4.79 Å². The van der Waals surface area contributed by atoms with Crippen LogP contribution >= 0.6 is 11.3 Å². The van der Waals surface area contributed by atoms with E-state index in [1.54, 1.807) is 17.5 Å². The Morgan fingerprint density at radius 2 is 1.96 bits per heavy atom. The standard InChI is InChI=1S/C18H20N4OS/c19-13-15-1-3-16(4-2-15)14-21-8-10-22(11-9-21)18(23)6-5-17-20-7-12-24-17/h1-4,7,12H,5-6,8-11,14H2. The van der Waals surface area contributed by atoms with E-state index in [2.05, 4.69) is 16.0 Å². The van der Waals surface area contributed by atoms with Crippen molar-refractivity contribution in [3.63, 3.8) is 0 Å². The molecular weight excluding hydrogens is 320 g/mol. The first-order valence-corrected chi connectivity index (χ1v) is 9.00. The number of piperazine rings is 1. The van der Waals surface area contributed by atoms with Crippen molar-refractivity contribution in [2.75, 3.05) is 26.2 Å². The zero-order chi connectivity index (χ0) is 16.8. The molecule has 1 aliphatic rings. The van der Waals surface area contributed by atoms with Gasteiger partial charge in [0, 0.05) is 57.1 Å². The molecule has 1 amide bonds. The lowest BCUT2D eigenvalue weighted by atomic mass is 10.1. The van der Waals surface area contributed by atoms with Gasteiger partial charge in [-0.3, -0.25) is 9.69 Å². The van der Waals surface area contributed by atoms with Crippen molar-refractivity contribution in [2.24, 2.45) is 0 Å². The zero-order valence-electron chi connectivity index (χ0n) is 13.5. The van der Waals surface area contributed by atoms with Crippen molar-refractivity contribution in [3.8, 4) is 6.07 Å². The van der Waals surface area contributed by atoms with Gasteiger partial charge >= 0.3 is 0 Å². The summed E-state index contributed by atoms with van der Waals surface area (Å²) >= 11 is 1.61. The van der Waals surface area contributed by atoms with E-state index in [1.165, 1.54) is 5.56 Å². The maximum atomic E-state index is 12.3. The van der Waals surface area contributed by atoms with E-state index < -0.39 is 0 Å². The third-order valence-electron chi connectivity index (χ3n) is 4.25. The summed E-state index contributed by atoms with van der Waals surface area (Å²) in [7, 11) is 0. The summed E-state index contributed by atoms with van der Waals surface area (Å²) < 4.78 is 0. The summed E-state index contributed by atoms with van der Waals surface area (Å²) in [4.78, 5) is 20.8. The number of hydrogen-bond acceptors (Lipinski definition) is 5. The van der Waals surface area contributed by atoms with Crippen LogP contribution in [0, 0.1) is 11.3 Å². The first-order valence-electron chi connectivity index (χ1n) is 8.12. The van der Waals surface area contributed by atoms with E-state index in [0.717, 1.165) is 44.2 Å². The molecule has 0 N–H and O–H groups in total. The van der Waals surface area contributed by atoms with Crippen LogP contribution in [0.25, 0.3) is 0 Å². The Morgan fingerprint density at radius 3 is 2.58 bits per heavy atom. The predicted molar refractivity (Wildman–Crippen MR) is 93.4 cm³/mol. The molecule has 124 valence electrons. The summed E-state index contributed by atoms with van der Waals surface area (Å²) in [6.45, 7) is 4.22. The van der Waals surface area contributed by atoms with Crippen molar-refractivity contribution in [2.45, 2.75) is 19.4 Å². The Bertz CT molecular complexity index is 698. The van der Waals surface area contributed by atoms with Crippen LogP contribution in [0.1, 0.15) is 22.6 Å². The van der Waals surface area contributed by atoms with Crippen LogP contribution in [-0.2, 0) is 17.8 Å². The normalized spacial score (nSPS) is 15.2. The molecule has 1 aromatic heterocycles. The van der Waals surface area contributed by atoms with E-state index in [1.807, 2.05) is 34.5 Å². The molecule has 24 heavy (non-hydrogen) atoms. The van der Waals surface area contributed by atoms with Crippen molar-refractivity contribution in [1.29, 1.82) is 5.26 Å². The minimum absolute atomic E-state index is 0.225.